The molecule has 1 rings (SSSR count). The molecule has 0 aromatic heterocycles. The molecule has 0 aromatic carbocycles. The monoisotopic (exact) mass is 226 g/mol. The number of amides is 2. The van der Waals surface area contributed by atoms with Gasteiger partial charge in [0.05, 0.1) is 0 Å². The van der Waals surface area contributed by atoms with E-state index in [2.05, 4.69) is 11.5 Å². The predicted octanol–water partition coefficient (Wildman–Crippen LogP) is -1.30. The third-order valence-corrected chi connectivity index (χ3v) is 2.59. The van der Waals surface area contributed by atoms with E-state index >= 15 is 0 Å². The van der Waals surface area contributed by atoms with Crippen LogP contribution >= 0.6 is 0 Å². The second-order valence-electron chi connectivity index (χ2n) is 3.71. The van der Waals surface area contributed by atoms with Gasteiger partial charge in [0.2, 0.25) is 11.8 Å². The van der Waals surface area contributed by atoms with Gasteiger partial charge in [-0.25, -0.2) is 5.84 Å². The Labute approximate surface area is 95.0 Å². The number of hydrazine groups is 1. The van der Waals surface area contributed by atoms with Crippen LogP contribution in [0, 0.1) is 0 Å². The second-order valence-corrected chi connectivity index (χ2v) is 3.71. The third-order valence-electron chi connectivity index (χ3n) is 2.59. The van der Waals surface area contributed by atoms with Gasteiger partial charge in [0.15, 0.2) is 0 Å². The summed E-state index contributed by atoms with van der Waals surface area (Å²) in [5.41, 5.74) is 1.95. The smallest absolute Gasteiger partial charge is 0.243 e. The standard InChI is InChI=1S/C10H18N4O2/c1-2-3-13-4-6-14(7-5-13)10(16)8-9(15)12-11/h2H,1,3-8,11H2,(H,12,15). The lowest BCUT2D eigenvalue weighted by atomic mass is 10.2. The van der Waals surface area contributed by atoms with Crippen molar-refractivity contribution in [2.45, 2.75) is 6.42 Å². The van der Waals surface area contributed by atoms with Gasteiger partial charge in [0, 0.05) is 32.7 Å². The summed E-state index contributed by atoms with van der Waals surface area (Å²) >= 11 is 0. The largest absolute Gasteiger partial charge is 0.340 e. The minimum absolute atomic E-state index is 0.166. The molecular formula is C10H18N4O2. The quantitative estimate of drug-likeness (QED) is 0.205. The highest BCUT2D eigenvalue weighted by molar-refractivity contribution is 5.96. The number of carbonyl (C=O) groups is 2. The maximum Gasteiger partial charge on any atom is 0.243 e. The van der Waals surface area contributed by atoms with Gasteiger partial charge in [-0.15, -0.1) is 6.58 Å². The lowest BCUT2D eigenvalue weighted by molar-refractivity contribution is -0.137. The van der Waals surface area contributed by atoms with E-state index in [1.807, 2.05) is 11.5 Å². The first-order valence-electron chi connectivity index (χ1n) is 5.28. The van der Waals surface area contributed by atoms with Gasteiger partial charge in [-0.3, -0.25) is 19.9 Å². The minimum Gasteiger partial charge on any atom is -0.340 e. The van der Waals surface area contributed by atoms with Crippen LogP contribution in [0.5, 0.6) is 0 Å². The van der Waals surface area contributed by atoms with Crippen LogP contribution in [0.15, 0.2) is 12.7 Å². The Kier molecular flexibility index (Phi) is 4.94. The van der Waals surface area contributed by atoms with E-state index in [0.717, 1.165) is 19.6 Å². The highest BCUT2D eigenvalue weighted by Crippen LogP contribution is 2.03. The maximum absolute atomic E-state index is 11.6. The molecule has 6 heteroatoms. The van der Waals surface area contributed by atoms with Crippen LogP contribution in [0.25, 0.3) is 0 Å². The number of hydrogen-bond acceptors (Lipinski definition) is 4. The number of hydrogen-bond donors (Lipinski definition) is 2. The van der Waals surface area contributed by atoms with E-state index in [0.29, 0.717) is 13.1 Å². The zero-order valence-electron chi connectivity index (χ0n) is 9.32. The van der Waals surface area contributed by atoms with E-state index < -0.39 is 5.91 Å². The number of rotatable bonds is 4. The molecule has 0 bridgehead atoms. The van der Waals surface area contributed by atoms with Crippen molar-refractivity contribution in [1.82, 2.24) is 15.2 Å². The summed E-state index contributed by atoms with van der Waals surface area (Å²) < 4.78 is 0. The molecule has 1 aliphatic rings. The Morgan fingerprint density at radius 3 is 2.44 bits per heavy atom. The van der Waals surface area contributed by atoms with Crippen LogP contribution in [0.4, 0.5) is 0 Å². The Morgan fingerprint density at radius 2 is 1.94 bits per heavy atom. The summed E-state index contributed by atoms with van der Waals surface area (Å²) in [5, 5.41) is 0. The number of nitrogens with two attached hydrogens (primary N) is 1. The van der Waals surface area contributed by atoms with Crippen LogP contribution in [0.2, 0.25) is 0 Å². The van der Waals surface area contributed by atoms with Crippen LogP contribution in [-0.4, -0.2) is 54.3 Å². The molecule has 0 aromatic rings. The molecule has 1 saturated heterocycles. The van der Waals surface area contributed by atoms with Crippen molar-refractivity contribution in [3.8, 4) is 0 Å². The maximum atomic E-state index is 11.6. The first kappa shape index (κ1) is 12.7. The molecule has 1 heterocycles. The van der Waals surface area contributed by atoms with E-state index in [1.54, 1.807) is 4.90 Å². The second kappa shape index (κ2) is 6.24. The van der Waals surface area contributed by atoms with Crippen molar-refractivity contribution < 1.29 is 9.59 Å². The molecule has 0 atom stereocenters. The summed E-state index contributed by atoms with van der Waals surface area (Å²) in [7, 11) is 0. The summed E-state index contributed by atoms with van der Waals surface area (Å²) in [5.74, 6) is 4.31. The van der Waals surface area contributed by atoms with E-state index in [9.17, 15) is 9.59 Å². The average molecular weight is 226 g/mol. The van der Waals surface area contributed by atoms with Gasteiger partial charge in [-0.1, -0.05) is 6.08 Å². The van der Waals surface area contributed by atoms with Gasteiger partial charge in [0.1, 0.15) is 6.42 Å². The van der Waals surface area contributed by atoms with Crippen molar-refractivity contribution >= 4 is 11.8 Å². The van der Waals surface area contributed by atoms with Crippen LogP contribution in [0.3, 0.4) is 0 Å². The molecule has 16 heavy (non-hydrogen) atoms. The first-order valence-corrected chi connectivity index (χ1v) is 5.28. The highest BCUT2D eigenvalue weighted by Gasteiger charge is 2.21. The van der Waals surface area contributed by atoms with E-state index in [1.165, 1.54) is 0 Å². The van der Waals surface area contributed by atoms with Crippen LogP contribution < -0.4 is 11.3 Å². The molecule has 90 valence electrons. The zero-order chi connectivity index (χ0) is 12.0. The SMILES string of the molecule is C=CCN1CCN(C(=O)CC(=O)NN)CC1. The third kappa shape index (κ3) is 3.63. The van der Waals surface area contributed by atoms with Gasteiger partial charge >= 0.3 is 0 Å². The molecule has 3 N–H and O–H groups in total. The summed E-state index contributed by atoms with van der Waals surface area (Å²) in [6.45, 7) is 7.47. The fraction of sp³-hybridized carbons (Fsp3) is 0.600. The van der Waals surface area contributed by atoms with Crippen LogP contribution in [0.1, 0.15) is 6.42 Å². The fourth-order valence-corrected chi connectivity index (χ4v) is 1.66. The summed E-state index contributed by atoms with van der Waals surface area (Å²) in [6.07, 6.45) is 1.68. The number of nitrogens with one attached hydrogen (secondary N) is 1. The molecule has 1 fully saturated rings. The van der Waals surface area contributed by atoms with Crippen molar-refractivity contribution in [2.24, 2.45) is 5.84 Å². The minimum atomic E-state index is -0.446. The van der Waals surface area contributed by atoms with E-state index in [4.69, 9.17) is 5.84 Å². The molecular weight excluding hydrogens is 208 g/mol. The molecule has 0 unspecified atom stereocenters. The number of carbonyl (C=O) groups excluding carboxylic acids is 2. The molecule has 0 saturated carbocycles. The Balaban J connectivity index is 2.32. The number of piperazine rings is 1. The molecule has 2 amide bonds. The molecule has 0 aliphatic carbocycles. The van der Waals surface area contributed by atoms with E-state index in [-0.39, 0.29) is 12.3 Å². The zero-order valence-corrected chi connectivity index (χ0v) is 9.32. The lowest BCUT2D eigenvalue weighted by Crippen LogP contribution is -2.49. The molecule has 0 radical (unpaired) electrons. The molecule has 1 aliphatic heterocycles. The Morgan fingerprint density at radius 1 is 1.31 bits per heavy atom. The number of nitrogens with zero attached hydrogens (tertiary/aromatic N) is 2. The van der Waals surface area contributed by atoms with Crippen molar-refractivity contribution in [2.75, 3.05) is 32.7 Å². The highest BCUT2D eigenvalue weighted by atomic mass is 16.2. The average Bonchev–Trinajstić information content (AvgIpc) is 2.30. The van der Waals surface area contributed by atoms with Gasteiger partial charge < -0.3 is 4.90 Å². The first-order chi connectivity index (χ1) is 7.67. The Bertz CT molecular complexity index is 272. The van der Waals surface area contributed by atoms with Crippen LogP contribution in [-0.2, 0) is 9.59 Å². The van der Waals surface area contributed by atoms with Crippen molar-refractivity contribution in [3.63, 3.8) is 0 Å². The van der Waals surface area contributed by atoms with Crippen molar-refractivity contribution in [1.29, 1.82) is 0 Å². The lowest BCUT2D eigenvalue weighted by Gasteiger charge is -2.34. The van der Waals surface area contributed by atoms with Gasteiger partial charge in [-0.05, 0) is 0 Å². The topological polar surface area (TPSA) is 78.7 Å². The van der Waals surface area contributed by atoms with Gasteiger partial charge in [-0.2, -0.15) is 0 Å². The van der Waals surface area contributed by atoms with Gasteiger partial charge in [0.25, 0.3) is 0 Å². The summed E-state index contributed by atoms with van der Waals surface area (Å²) in [6, 6.07) is 0. The summed E-state index contributed by atoms with van der Waals surface area (Å²) in [4.78, 5) is 26.4. The molecule has 6 nitrogen and oxygen atoms in total. The fourth-order valence-electron chi connectivity index (χ4n) is 1.66. The molecule has 0 spiro atoms. The normalized spacial score (nSPS) is 16.9. The predicted molar refractivity (Wildman–Crippen MR) is 60.2 cm³/mol. The van der Waals surface area contributed by atoms with Crippen molar-refractivity contribution in [3.05, 3.63) is 12.7 Å². The Hall–Kier alpha value is -1.40.